The molecule has 1 saturated heterocycles. The molecule has 2 N–H and O–H groups in total. The first-order valence-corrected chi connectivity index (χ1v) is 7.48. The second-order valence-electron chi connectivity index (χ2n) is 5.40. The number of nitrogens with zero attached hydrogens (tertiary/aromatic N) is 2. The monoisotopic (exact) mass is 351 g/mol. The highest BCUT2D eigenvalue weighted by atomic mass is 35.5. The van der Waals surface area contributed by atoms with Crippen molar-refractivity contribution in [1.29, 1.82) is 0 Å². The zero-order valence-electron chi connectivity index (χ0n) is 13.0. The summed E-state index contributed by atoms with van der Waals surface area (Å²) in [5.41, 5.74) is 7.68. The fourth-order valence-electron chi connectivity index (χ4n) is 2.62. The minimum atomic E-state index is -0.288. The number of amides is 1. The third kappa shape index (κ3) is 4.08. The van der Waals surface area contributed by atoms with Crippen LogP contribution in [0.3, 0.4) is 0 Å². The number of nitrogens with two attached hydrogens (primary N) is 1. The van der Waals surface area contributed by atoms with Gasteiger partial charge in [-0.25, -0.2) is 4.39 Å². The number of carbonyl (C=O) groups is 1. The summed E-state index contributed by atoms with van der Waals surface area (Å²) in [5.74, 6) is -0.360. The Morgan fingerprint density at radius 3 is 2.79 bits per heavy atom. The van der Waals surface area contributed by atoms with Gasteiger partial charge in [0, 0.05) is 24.8 Å². The largest absolute Gasteiger partial charge is 0.370 e. The molecule has 0 aliphatic carbocycles. The van der Waals surface area contributed by atoms with E-state index in [0.717, 1.165) is 5.56 Å². The van der Waals surface area contributed by atoms with Gasteiger partial charge in [-0.1, -0.05) is 12.1 Å². The number of aromatic nitrogens is 1. The first kappa shape index (κ1) is 18.3. The van der Waals surface area contributed by atoms with Crippen LogP contribution < -0.4 is 5.73 Å². The summed E-state index contributed by atoms with van der Waals surface area (Å²) in [6.45, 7) is 1.70. The van der Waals surface area contributed by atoms with Gasteiger partial charge in [0.2, 0.25) is 0 Å². The molecular formula is C17H19ClFN3O2. The second kappa shape index (κ2) is 8.19. The third-order valence-corrected chi connectivity index (χ3v) is 3.87. The summed E-state index contributed by atoms with van der Waals surface area (Å²) in [7, 11) is 0. The van der Waals surface area contributed by atoms with Crippen LogP contribution in [0, 0.1) is 5.82 Å². The van der Waals surface area contributed by atoms with Crippen molar-refractivity contribution in [2.75, 3.05) is 19.7 Å². The molecule has 0 radical (unpaired) electrons. The number of carbonyl (C=O) groups excluding carboxylic acids is 1. The zero-order chi connectivity index (χ0) is 16.2. The maximum Gasteiger partial charge on any atom is 0.254 e. The maximum absolute atomic E-state index is 13.0. The van der Waals surface area contributed by atoms with Gasteiger partial charge in [-0.05, 0) is 29.8 Å². The highest BCUT2D eigenvalue weighted by Crippen LogP contribution is 2.23. The van der Waals surface area contributed by atoms with E-state index in [1.165, 1.54) is 12.1 Å². The number of hydrogen-bond donors (Lipinski definition) is 1. The van der Waals surface area contributed by atoms with Crippen molar-refractivity contribution in [3.8, 4) is 0 Å². The number of rotatable bonds is 3. The van der Waals surface area contributed by atoms with Crippen molar-refractivity contribution in [3.63, 3.8) is 0 Å². The lowest BCUT2D eigenvalue weighted by Gasteiger charge is -2.33. The van der Waals surface area contributed by atoms with E-state index in [9.17, 15) is 9.18 Å². The van der Waals surface area contributed by atoms with E-state index >= 15 is 0 Å². The quantitative estimate of drug-likeness (QED) is 0.921. The number of hydrogen-bond acceptors (Lipinski definition) is 4. The van der Waals surface area contributed by atoms with Crippen molar-refractivity contribution in [1.82, 2.24) is 9.88 Å². The van der Waals surface area contributed by atoms with Crippen LogP contribution >= 0.6 is 12.4 Å². The molecule has 2 aromatic rings. The highest BCUT2D eigenvalue weighted by Gasteiger charge is 2.26. The fourth-order valence-corrected chi connectivity index (χ4v) is 2.62. The van der Waals surface area contributed by atoms with Gasteiger partial charge in [-0.2, -0.15) is 0 Å². The number of benzene rings is 1. The Morgan fingerprint density at radius 1 is 1.33 bits per heavy atom. The average molecular weight is 352 g/mol. The van der Waals surface area contributed by atoms with E-state index in [2.05, 4.69) is 4.98 Å². The van der Waals surface area contributed by atoms with Gasteiger partial charge in [0.05, 0.1) is 18.8 Å². The number of ether oxygens (including phenoxy) is 1. The molecule has 1 aliphatic rings. The average Bonchev–Trinajstić information content (AvgIpc) is 2.62. The van der Waals surface area contributed by atoms with Crippen LogP contribution in [0.4, 0.5) is 4.39 Å². The first-order valence-electron chi connectivity index (χ1n) is 7.48. The second-order valence-corrected chi connectivity index (χ2v) is 5.40. The molecule has 1 fully saturated rings. The van der Waals surface area contributed by atoms with Crippen molar-refractivity contribution >= 4 is 18.3 Å². The minimum absolute atomic E-state index is 0. The summed E-state index contributed by atoms with van der Waals surface area (Å²) in [5, 5.41) is 0. The number of morpholine rings is 1. The van der Waals surface area contributed by atoms with Gasteiger partial charge in [0.25, 0.3) is 5.91 Å². The molecule has 0 spiro atoms. The molecule has 1 amide bonds. The Hall–Kier alpha value is -2.02. The van der Waals surface area contributed by atoms with E-state index < -0.39 is 0 Å². The lowest BCUT2D eigenvalue weighted by atomic mass is 10.1. The first-order chi connectivity index (χ1) is 11.2. The predicted octanol–water partition coefficient (Wildman–Crippen LogP) is 2.31. The van der Waals surface area contributed by atoms with E-state index in [1.54, 1.807) is 35.4 Å². The molecule has 24 heavy (non-hydrogen) atoms. The Morgan fingerprint density at radius 2 is 2.08 bits per heavy atom. The summed E-state index contributed by atoms with van der Waals surface area (Å²) < 4.78 is 18.7. The van der Waals surface area contributed by atoms with Crippen molar-refractivity contribution in [2.24, 2.45) is 5.73 Å². The molecule has 5 nitrogen and oxygen atoms in total. The summed E-state index contributed by atoms with van der Waals surface area (Å²) in [6.07, 6.45) is 1.34. The van der Waals surface area contributed by atoms with Crippen molar-refractivity contribution in [3.05, 3.63) is 65.2 Å². The molecule has 2 heterocycles. The normalized spacial score (nSPS) is 17.2. The van der Waals surface area contributed by atoms with Crippen molar-refractivity contribution in [2.45, 2.75) is 12.6 Å². The van der Waals surface area contributed by atoms with E-state index in [0.29, 0.717) is 37.5 Å². The summed E-state index contributed by atoms with van der Waals surface area (Å²) in [4.78, 5) is 18.5. The molecule has 0 bridgehead atoms. The molecular weight excluding hydrogens is 333 g/mol. The van der Waals surface area contributed by atoms with Crippen LogP contribution in [-0.4, -0.2) is 35.5 Å². The highest BCUT2D eigenvalue weighted by molar-refractivity contribution is 5.94. The zero-order valence-corrected chi connectivity index (χ0v) is 13.8. The Kier molecular flexibility index (Phi) is 6.25. The molecule has 1 aliphatic heterocycles. The van der Waals surface area contributed by atoms with Crippen LogP contribution in [0.25, 0.3) is 0 Å². The van der Waals surface area contributed by atoms with Gasteiger partial charge in [0.1, 0.15) is 11.9 Å². The lowest BCUT2D eigenvalue weighted by molar-refractivity contribution is -0.0228. The van der Waals surface area contributed by atoms with E-state index in [-0.39, 0.29) is 30.2 Å². The predicted molar refractivity (Wildman–Crippen MR) is 90.4 cm³/mol. The standard InChI is InChI=1S/C17H18FN3O2.ClH/c18-14-3-1-12(2-4-14)16-11-21(7-8-23-16)17(22)13-5-6-20-15(9-13)10-19;/h1-6,9,16H,7-8,10-11,19H2;1H. The molecule has 1 unspecified atom stereocenters. The smallest absolute Gasteiger partial charge is 0.254 e. The molecule has 1 aromatic carbocycles. The maximum atomic E-state index is 13.0. The SMILES string of the molecule is Cl.NCc1cc(C(=O)N2CCOC(c3ccc(F)cc3)C2)ccn1. The topological polar surface area (TPSA) is 68.5 Å². The molecule has 0 saturated carbocycles. The lowest BCUT2D eigenvalue weighted by Crippen LogP contribution is -2.42. The van der Waals surface area contributed by atoms with Gasteiger partial charge in [0.15, 0.2) is 0 Å². The van der Waals surface area contributed by atoms with Crippen LogP contribution in [0.5, 0.6) is 0 Å². The third-order valence-electron chi connectivity index (χ3n) is 3.87. The molecule has 3 rings (SSSR count). The Labute approximate surface area is 146 Å². The fraction of sp³-hybridized carbons (Fsp3) is 0.294. The van der Waals surface area contributed by atoms with Crippen LogP contribution in [0.2, 0.25) is 0 Å². The minimum Gasteiger partial charge on any atom is -0.370 e. The Bertz CT molecular complexity index is 696. The number of halogens is 2. The summed E-state index contributed by atoms with van der Waals surface area (Å²) >= 11 is 0. The molecule has 1 aromatic heterocycles. The van der Waals surface area contributed by atoms with Crippen LogP contribution in [-0.2, 0) is 11.3 Å². The van der Waals surface area contributed by atoms with Gasteiger partial charge >= 0.3 is 0 Å². The van der Waals surface area contributed by atoms with Gasteiger partial charge in [-0.15, -0.1) is 12.4 Å². The van der Waals surface area contributed by atoms with Crippen molar-refractivity contribution < 1.29 is 13.9 Å². The Balaban J connectivity index is 0.00000208. The van der Waals surface area contributed by atoms with Crippen LogP contribution in [0.15, 0.2) is 42.6 Å². The number of pyridine rings is 1. The van der Waals surface area contributed by atoms with Gasteiger partial charge < -0.3 is 15.4 Å². The molecule has 7 heteroatoms. The van der Waals surface area contributed by atoms with Crippen LogP contribution in [0.1, 0.15) is 27.7 Å². The van der Waals surface area contributed by atoms with E-state index in [4.69, 9.17) is 10.5 Å². The molecule has 1 atom stereocenters. The molecule has 128 valence electrons. The van der Waals surface area contributed by atoms with Gasteiger partial charge in [-0.3, -0.25) is 9.78 Å². The van der Waals surface area contributed by atoms with E-state index in [1.807, 2.05) is 0 Å². The summed E-state index contributed by atoms with van der Waals surface area (Å²) in [6, 6.07) is 9.57.